The molecule has 0 saturated carbocycles. The third-order valence-electron chi connectivity index (χ3n) is 4.61. The monoisotopic (exact) mass is 311 g/mol. The number of benzene rings is 1. The van der Waals surface area contributed by atoms with Crippen LogP contribution in [0.15, 0.2) is 24.4 Å². The van der Waals surface area contributed by atoms with Crippen molar-refractivity contribution in [1.29, 1.82) is 0 Å². The summed E-state index contributed by atoms with van der Waals surface area (Å²) < 4.78 is 2.10. The quantitative estimate of drug-likeness (QED) is 0.809. The maximum atomic E-state index is 12.8. The molecule has 3 rings (SSSR count). The zero-order valence-electron chi connectivity index (χ0n) is 14.7. The van der Waals surface area contributed by atoms with E-state index in [-0.39, 0.29) is 11.4 Å². The summed E-state index contributed by atoms with van der Waals surface area (Å²) >= 11 is 0. The molecule has 4 nitrogen and oxygen atoms in total. The number of carbonyl (C=O) groups excluding carboxylic acids is 1. The van der Waals surface area contributed by atoms with Gasteiger partial charge < -0.3 is 4.90 Å². The molecule has 1 aliphatic rings. The van der Waals surface area contributed by atoms with Crippen LogP contribution in [0.25, 0.3) is 0 Å². The predicted molar refractivity (Wildman–Crippen MR) is 91.6 cm³/mol. The van der Waals surface area contributed by atoms with Gasteiger partial charge in [0.1, 0.15) is 0 Å². The van der Waals surface area contributed by atoms with E-state index in [1.54, 1.807) is 0 Å². The fourth-order valence-corrected chi connectivity index (χ4v) is 3.14. The van der Waals surface area contributed by atoms with Crippen LogP contribution in [-0.2, 0) is 18.5 Å². The molecule has 0 saturated heterocycles. The van der Waals surface area contributed by atoms with E-state index in [4.69, 9.17) is 0 Å². The molecular weight excluding hydrogens is 286 g/mol. The SMILES string of the molecule is Cc1ccc(C(=O)N2CCc3c(cnn3C(C)(C)C)C2)cc1C. The number of nitrogens with zero attached hydrogens (tertiary/aromatic N) is 3. The van der Waals surface area contributed by atoms with Gasteiger partial charge in [0.25, 0.3) is 5.91 Å². The Morgan fingerprint density at radius 2 is 1.91 bits per heavy atom. The molecule has 1 aromatic heterocycles. The lowest BCUT2D eigenvalue weighted by Gasteiger charge is -2.30. The zero-order chi connectivity index (χ0) is 16.8. The molecule has 0 unspecified atom stereocenters. The summed E-state index contributed by atoms with van der Waals surface area (Å²) in [5.41, 5.74) is 5.57. The van der Waals surface area contributed by atoms with E-state index in [1.165, 1.54) is 16.8 Å². The molecule has 0 radical (unpaired) electrons. The summed E-state index contributed by atoms with van der Waals surface area (Å²) in [6.07, 6.45) is 2.78. The molecule has 2 aromatic rings. The van der Waals surface area contributed by atoms with Gasteiger partial charge in [-0.1, -0.05) is 6.07 Å². The van der Waals surface area contributed by atoms with Crippen LogP contribution in [0, 0.1) is 13.8 Å². The molecule has 2 heterocycles. The van der Waals surface area contributed by atoms with Gasteiger partial charge >= 0.3 is 0 Å². The second kappa shape index (κ2) is 5.52. The van der Waals surface area contributed by atoms with E-state index in [0.717, 1.165) is 24.1 Å². The lowest BCUT2D eigenvalue weighted by atomic mass is 10.0. The highest BCUT2D eigenvalue weighted by Gasteiger charge is 2.28. The zero-order valence-corrected chi connectivity index (χ0v) is 14.7. The summed E-state index contributed by atoms with van der Waals surface area (Å²) in [4.78, 5) is 14.7. The average molecular weight is 311 g/mol. The molecule has 1 amide bonds. The van der Waals surface area contributed by atoms with Gasteiger partial charge in [0.15, 0.2) is 0 Å². The molecule has 0 N–H and O–H groups in total. The Morgan fingerprint density at radius 3 is 2.57 bits per heavy atom. The van der Waals surface area contributed by atoms with Crippen LogP contribution in [0.1, 0.15) is 53.5 Å². The molecule has 0 atom stereocenters. The van der Waals surface area contributed by atoms with Gasteiger partial charge in [0.2, 0.25) is 0 Å². The van der Waals surface area contributed by atoms with Gasteiger partial charge in [0.05, 0.1) is 11.7 Å². The maximum absolute atomic E-state index is 12.8. The van der Waals surface area contributed by atoms with Crippen LogP contribution in [-0.4, -0.2) is 27.1 Å². The van der Waals surface area contributed by atoms with E-state index < -0.39 is 0 Å². The van der Waals surface area contributed by atoms with Crippen molar-refractivity contribution in [3.05, 3.63) is 52.3 Å². The first-order valence-corrected chi connectivity index (χ1v) is 8.20. The minimum Gasteiger partial charge on any atom is -0.334 e. The van der Waals surface area contributed by atoms with Gasteiger partial charge in [-0.3, -0.25) is 9.48 Å². The number of aryl methyl sites for hydroxylation is 2. The molecule has 122 valence electrons. The van der Waals surface area contributed by atoms with Crippen molar-refractivity contribution < 1.29 is 4.79 Å². The van der Waals surface area contributed by atoms with E-state index in [2.05, 4.69) is 37.5 Å². The molecule has 0 aliphatic carbocycles. The van der Waals surface area contributed by atoms with Crippen LogP contribution in [0.3, 0.4) is 0 Å². The lowest BCUT2D eigenvalue weighted by molar-refractivity contribution is 0.0732. The van der Waals surface area contributed by atoms with E-state index in [9.17, 15) is 4.79 Å². The van der Waals surface area contributed by atoms with Crippen LogP contribution < -0.4 is 0 Å². The summed E-state index contributed by atoms with van der Waals surface area (Å²) in [6.45, 7) is 12.0. The number of carbonyl (C=O) groups is 1. The normalized spacial score (nSPS) is 14.7. The number of amides is 1. The number of aromatic nitrogens is 2. The van der Waals surface area contributed by atoms with Crippen LogP contribution >= 0.6 is 0 Å². The van der Waals surface area contributed by atoms with Crippen molar-refractivity contribution in [2.45, 2.75) is 53.1 Å². The Labute approximate surface area is 138 Å². The Balaban J connectivity index is 1.83. The van der Waals surface area contributed by atoms with Crippen LogP contribution in [0.2, 0.25) is 0 Å². The summed E-state index contributed by atoms with van der Waals surface area (Å²) in [6, 6.07) is 5.94. The molecule has 23 heavy (non-hydrogen) atoms. The van der Waals surface area contributed by atoms with Gasteiger partial charge in [-0.2, -0.15) is 5.10 Å². The molecule has 4 heteroatoms. The first-order valence-electron chi connectivity index (χ1n) is 8.20. The summed E-state index contributed by atoms with van der Waals surface area (Å²) in [5.74, 6) is 0.113. The first-order chi connectivity index (χ1) is 10.8. The third kappa shape index (κ3) is 2.90. The van der Waals surface area contributed by atoms with Gasteiger partial charge in [-0.25, -0.2) is 0 Å². The molecule has 0 bridgehead atoms. The van der Waals surface area contributed by atoms with E-state index in [0.29, 0.717) is 6.54 Å². The fourth-order valence-electron chi connectivity index (χ4n) is 3.14. The van der Waals surface area contributed by atoms with Crippen molar-refractivity contribution in [3.63, 3.8) is 0 Å². The number of fused-ring (bicyclic) bond motifs is 1. The number of rotatable bonds is 1. The van der Waals surface area contributed by atoms with Gasteiger partial charge in [-0.05, 0) is 57.9 Å². The van der Waals surface area contributed by atoms with Crippen LogP contribution in [0.5, 0.6) is 0 Å². The topological polar surface area (TPSA) is 38.1 Å². The minimum absolute atomic E-state index is 0.0200. The number of hydrogen-bond donors (Lipinski definition) is 0. The molecule has 1 aliphatic heterocycles. The van der Waals surface area contributed by atoms with Crippen LogP contribution in [0.4, 0.5) is 0 Å². The Kier molecular flexibility index (Phi) is 3.78. The molecule has 0 fully saturated rings. The summed E-state index contributed by atoms with van der Waals surface area (Å²) in [5, 5.41) is 4.54. The van der Waals surface area contributed by atoms with Crippen molar-refractivity contribution >= 4 is 5.91 Å². The molecule has 1 aromatic carbocycles. The Morgan fingerprint density at radius 1 is 1.17 bits per heavy atom. The molecular formula is C19H25N3O. The standard InChI is InChI=1S/C19H25N3O/c1-13-6-7-15(10-14(13)2)18(23)21-9-8-17-16(12-21)11-20-22(17)19(3,4)5/h6-7,10-11H,8-9,12H2,1-5H3. The average Bonchev–Trinajstić information content (AvgIpc) is 2.92. The van der Waals surface area contributed by atoms with Crippen molar-refractivity contribution in [1.82, 2.24) is 14.7 Å². The second-order valence-electron chi connectivity index (χ2n) is 7.47. The fraction of sp³-hybridized carbons (Fsp3) is 0.474. The predicted octanol–water partition coefficient (Wildman–Crippen LogP) is 3.45. The van der Waals surface area contributed by atoms with Gasteiger partial charge in [0, 0.05) is 36.3 Å². The summed E-state index contributed by atoms with van der Waals surface area (Å²) in [7, 11) is 0. The minimum atomic E-state index is -0.0200. The smallest absolute Gasteiger partial charge is 0.254 e. The first kappa shape index (κ1) is 15.8. The highest BCUT2D eigenvalue weighted by Crippen LogP contribution is 2.25. The largest absolute Gasteiger partial charge is 0.334 e. The van der Waals surface area contributed by atoms with E-state index >= 15 is 0 Å². The van der Waals surface area contributed by atoms with Crippen molar-refractivity contribution in [2.24, 2.45) is 0 Å². The van der Waals surface area contributed by atoms with Crippen molar-refractivity contribution in [3.8, 4) is 0 Å². The number of hydrogen-bond acceptors (Lipinski definition) is 2. The molecule has 0 spiro atoms. The van der Waals surface area contributed by atoms with Gasteiger partial charge in [-0.15, -0.1) is 0 Å². The highest BCUT2D eigenvalue weighted by atomic mass is 16.2. The second-order valence-corrected chi connectivity index (χ2v) is 7.47. The lowest BCUT2D eigenvalue weighted by Crippen LogP contribution is -2.37. The maximum Gasteiger partial charge on any atom is 0.254 e. The van der Waals surface area contributed by atoms with E-state index in [1.807, 2.05) is 36.2 Å². The Bertz CT molecular complexity index is 752. The van der Waals surface area contributed by atoms with Crippen molar-refractivity contribution in [2.75, 3.05) is 6.54 Å². The highest BCUT2D eigenvalue weighted by molar-refractivity contribution is 5.94. The third-order valence-corrected chi connectivity index (χ3v) is 4.61. The Hall–Kier alpha value is -2.10.